The molecule has 0 fully saturated rings. The zero-order valence-electron chi connectivity index (χ0n) is 20.5. The van der Waals surface area contributed by atoms with Crippen molar-refractivity contribution >= 4 is 28.8 Å². The first-order valence-corrected chi connectivity index (χ1v) is 13.3. The smallest absolute Gasteiger partial charge is 0.253 e. The molecule has 0 aliphatic carbocycles. The monoisotopic (exact) mass is 485 g/mol. The molecule has 3 rings (SSSR count). The van der Waals surface area contributed by atoms with E-state index >= 15 is 0 Å². The molecule has 4 nitrogen and oxygen atoms in total. The number of carbonyl (C=O) groups excluding carboxylic acids is 1. The maximum atomic E-state index is 13.2. The van der Waals surface area contributed by atoms with Gasteiger partial charge in [-0.05, 0) is 37.3 Å². The van der Waals surface area contributed by atoms with Gasteiger partial charge in [-0.15, -0.1) is 11.3 Å². The maximum Gasteiger partial charge on any atom is 0.253 e. The molecule has 3 aromatic rings. The molecule has 0 radical (unpaired) electrons. The first-order chi connectivity index (χ1) is 15.8. The van der Waals surface area contributed by atoms with E-state index < -0.39 is 0 Å². The molecular weight excluding hydrogens is 450 g/mol. The second-order valence-corrected chi connectivity index (χ2v) is 10.4. The molecule has 0 saturated carbocycles. The van der Waals surface area contributed by atoms with E-state index in [4.69, 9.17) is 16.6 Å². The van der Waals surface area contributed by atoms with E-state index in [0.717, 1.165) is 59.1 Å². The molecule has 178 valence electrons. The summed E-state index contributed by atoms with van der Waals surface area (Å²) in [5.74, 6) is 0.988. The lowest BCUT2D eigenvalue weighted by atomic mass is 9.99. The summed E-state index contributed by atoms with van der Waals surface area (Å²) in [4.78, 5) is 18.1. The van der Waals surface area contributed by atoms with E-state index in [0.29, 0.717) is 16.9 Å². The van der Waals surface area contributed by atoms with Crippen molar-refractivity contribution in [2.24, 2.45) is 11.8 Å². The molecular formula is C27H36ClN3OS. The highest BCUT2D eigenvalue weighted by Gasteiger charge is 2.21. The Bertz CT molecular complexity index is 1070. The molecule has 2 heterocycles. The largest absolute Gasteiger partial charge is 0.352 e. The third-order valence-corrected chi connectivity index (χ3v) is 7.33. The van der Waals surface area contributed by atoms with Gasteiger partial charge in [0.1, 0.15) is 5.01 Å². The third-order valence-electron chi connectivity index (χ3n) is 6.12. The first-order valence-electron chi connectivity index (χ1n) is 12.0. The number of thiazole rings is 1. The normalized spacial score (nSPS) is 12.3. The van der Waals surface area contributed by atoms with Crippen molar-refractivity contribution in [1.82, 2.24) is 14.9 Å². The van der Waals surface area contributed by atoms with Gasteiger partial charge < -0.3 is 9.88 Å². The van der Waals surface area contributed by atoms with Gasteiger partial charge in [0.15, 0.2) is 0 Å². The summed E-state index contributed by atoms with van der Waals surface area (Å²) in [5, 5.41) is 6.84. The summed E-state index contributed by atoms with van der Waals surface area (Å²) >= 11 is 7.98. The Hall–Kier alpha value is -2.11. The number of nitrogens with zero attached hydrogens (tertiary/aromatic N) is 2. The van der Waals surface area contributed by atoms with E-state index in [2.05, 4.69) is 43.0 Å². The summed E-state index contributed by atoms with van der Waals surface area (Å²) in [7, 11) is 0. The number of hydrogen-bond acceptors (Lipinski definition) is 3. The highest BCUT2D eigenvalue weighted by Crippen LogP contribution is 2.34. The molecule has 1 amide bonds. The molecule has 0 bridgehead atoms. The minimum Gasteiger partial charge on any atom is -0.352 e. The Morgan fingerprint density at radius 3 is 2.67 bits per heavy atom. The van der Waals surface area contributed by atoms with Crippen LogP contribution in [0.25, 0.3) is 22.0 Å². The SMILES string of the molecule is CCCCC(CC)CNC(=O)c1cc(-c2csc(-c3ccccc3Cl)n2)n(CC(C)C)c1C. The number of carbonyl (C=O) groups is 1. The number of aromatic nitrogens is 2. The van der Waals surface area contributed by atoms with Crippen molar-refractivity contribution in [3.63, 3.8) is 0 Å². The average molecular weight is 486 g/mol. The van der Waals surface area contributed by atoms with Crippen molar-refractivity contribution in [3.8, 4) is 22.0 Å². The number of benzene rings is 1. The van der Waals surface area contributed by atoms with Crippen LogP contribution in [0, 0.1) is 18.8 Å². The van der Waals surface area contributed by atoms with Crippen molar-refractivity contribution < 1.29 is 4.79 Å². The maximum absolute atomic E-state index is 13.2. The Labute approximate surface area is 207 Å². The fourth-order valence-electron chi connectivity index (χ4n) is 4.11. The Balaban J connectivity index is 1.89. The zero-order chi connectivity index (χ0) is 24.0. The summed E-state index contributed by atoms with van der Waals surface area (Å²) in [6.07, 6.45) is 4.65. The molecule has 1 N–H and O–H groups in total. The summed E-state index contributed by atoms with van der Waals surface area (Å²) in [6.45, 7) is 12.4. The van der Waals surface area contributed by atoms with Gasteiger partial charge in [0.25, 0.3) is 5.91 Å². The molecule has 0 spiro atoms. The third kappa shape index (κ3) is 6.27. The van der Waals surface area contributed by atoms with Gasteiger partial charge in [-0.25, -0.2) is 4.98 Å². The quantitative estimate of drug-likeness (QED) is 0.300. The van der Waals surface area contributed by atoms with Crippen LogP contribution in [0.5, 0.6) is 0 Å². The standard InChI is InChI=1S/C27H36ClN3OS/c1-6-8-11-20(7-2)15-29-26(32)22-14-25(31(19(22)5)16-18(3)4)24-17-33-27(30-24)21-12-9-10-13-23(21)28/h9-10,12-14,17-18,20H,6-8,11,15-16H2,1-5H3,(H,29,32). The highest BCUT2D eigenvalue weighted by atomic mass is 35.5. The minimum atomic E-state index is 0.00719. The lowest BCUT2D eigenvalue weighted by Crippen LogP contribution is -2.29. The van der Waals surface area contributed by atoms with Crippen LogP contribution >= 0.6 is 22.9 Å². The van der Waals surface area contributed by atoms with Crippen molar-refractivity contribution in [2.75, 3.05) is 6.54 Å². The molecule has 0 saturated heterocycles. The van der Waals surface area contributed by atoms with E-state index in [1.807, 2.05) is 37.3 Å². The predicted molar refractivity (Wildman–Crippen MR) is 141 cm³/mol. The van der Waals surface area contributed by atoms with Crippen LogP contribution in [-0.4, -0.2) is 22.0 Å². The van der Waals surface area contributed by atoms with E-state index in [-0.39, 0.29) is 5.91 Å². The van der Waals surface area contributed by atoms with Crippen LogP contribution in [-0.2, 0) is 6.54 Å². The number of hydrogen-bond donors (Lipinski definition) is 1. The fraction of sp³-hybridized carbons (Fsp3) is 0.481. The summed E-state index contributed by atoms with van der Waals surface area (Å²) in [5.41, 5.74) is 4.53. The first kappa shape index (κ1) is 25.5. The number of rotatable bonds is 11. The number of halogens is 1. The van der Waals surface area contributed by atoms with Crippen LogP contribution in [0.15, 0.2) is 35.7 Å². The van der Waals surface area contributed by atoms with Crippen LogP contribution in [0.4, 0.5) is 0 Å². The van der Waals surface area contributed by atoms with Gasteiger partial charge in [-0.2, -0.15) is 0 Å². The van der Waals surface area contributed by atoms with Gasteiger partial charge in [0.2, 0.25) is 0 Å². The average Bonchev–Trinajstić information content (AvgIpc) is 3.39. The second-order valence-electron chi connectivity index (χ2n) is 9.18. The number of nitrogens with one attached hydrogen (secondary N) is 1. The van der Waals surface area contributed by atoms with Gasteiger partial charge in [0.05, 0.1) is 22.0 Å². The molecule has 33 heavy (non-hydrogen) atoms. The number of amides is 1. The second kappa shape index (κ2) is 11.8. The minimum absolute atomic E-state index is 0.00719. The molecule has 1 aromatic carbocycles. The van der Waals surface area contributed by atoms with Gasteiger partial charge in [-0.3, -0.25) is 4.79 Å². The lowest BCUT2D eigenvalue weighted by molar-refractivity contribution is 0.0945. The molecule has 2 aromatic heterocycles. The molecule has 0 aliphatic heterocycles. The molecule has 1 unspecified atom stereocenters. The van der Waals surface area contributed by atoms with E-state index in [1.54, 1.807) is 11.3 Å². The van der Waals surface area contributed by atoms with E-state index in [1.165, 1.54) is 12.8 Å². The van der Waals surface area contributed by atoms with Gasteiger partial charge in [0, 0.05) is 29.7 Å². The van der Waals surface area contributed by atoms with Crippen LogP contribution in [0.3, 0.4) is 0 Å². The summed E-state index contributed by atoms with van der Waals surface area (Å²) in [6, 6.07) is 9.78. The molecule has 6 heteroatoms. The van der Waals surface area contributed by atoms with Gasteiger partial charge in [-0.1, -0.05) is 76.8 Å². The Morgan fingerprint density at radius 1 is 1.24 bits per heavy atom. The van der Waals surface area contributed by atoms with E-state index in [9.17, 15) is 4.79 Å². The topological polar surface area (TPSA) is 46.9 Å². The fourth-order valence-corrected chi connectivity index (χ4v) is 5.25. The van der Waals surface area contributed by atoms with Crippen LogP contribution in [0.1, 0.15) is 69.4 Å². The zero-order valence-corrected chi connectivity index (χ0v) is 22.0. The Kier molecular flexibility index (Phi) is 9.16. The van der Waals surface area contributed by atoms with Gasteiger partial charge >= 0.3 is 0 Å². The predicted octanol–water partition coefficient (Wildman–Crippen LogP) is 7.84. The Morgan fingerprint density at radius 2 is 2.00 bits per heavy atom. The number of unbranched alkanes of at least 4 members (excludes halogenated alkanes) is 1. The lowest BCUT2D eigenvalue weighted by Gasteiger charge is -2.16. The van der Waals surface area contributed by atoms with Crippen molar-refractivity contribution in [3.05, 3.63) is 52.0 Å². The van der Waals surface area contributed by atoms with Crippen LogP contribution < -0.4 is 5.32 Å². The summed E-state index contributed by atoms with van der Waals surface area (Å²) < 4.78 is 2.24. The highest BCUT2D eigenvalue weighted by molar-refractivity contribution is 7.13. The van der Waals surface area contributed by atoms with Crippen LogP contribution in [0.2, 0.25) is 5.02 Å². The van der Waals surface area contributed by atoms with Crippen molar-refractivity contribution in [2.45, 2.75) is 66.8 Å². The molecule has 1 atom stereocenters. The molecule has 0 aliphatic rings. The van der Waals surface area contributed by atoms with Crippen molar-refractivity contribution in [1.29, 1.82) is 0 Å².